The second kappa shape index (κ2) is 5.42. The van der Waals surface area contributed by atoms with Gasteiger partial charge in [0, 0.05) is 0 Å². The van der Waals surface area contributed by atoms with Gasteiger partial charge in [-0.25, -0.2) is 0 Å². The van der Waals surface area contributed by atoms with Crippen molar-refractivity contribution >= 4 is 22.6 Å². The van der Waals surface area contributed by atoms with Crippen LogP contribution in [0.2, 0.25) is 0 Å². The van der Waals surface area contributed by atoms with Crippen molar-refractivity contribution in [2.24, 2.45) is 0 Å². The molecule has 5 heteroatoms. The summed E-state index contributed by atoms with van der Waals surface area (Å²) in [4.78, 5) is 0. The lowest BCUT2D eigenvalue weighted by atomic mass is 10.0. The molecule has 1 aromatic rings. The molecule has 0 radical (unpaired) electrons. The van der Waals surface area contributed by atoms with Gasteiger partial charge in [0.05, 0.1) is 23.2 Å². The maximum Gasteiger partial charge on any atom is 0.172 e. The van der Waals surface area contributed by atoms with Crippen molar-refractivity contribution in [3.8, 4) is 0 Å². The minimum Gasteiger partial charge on any atom is -0.389 e. The van der Waals surface area contributed by atoms with Crippen molar-refractivity contribution in [1.82, 2.24) is 0 Å². The molecular formula is C13H15IO4. The van der Waals surface area contributed by atoms with Crippen LogP contribution in [0.4, 0.5) is 0 Å². The molecule has 2 heterocycles. The number of hydrogen-bond acceptors (Lipinski definition) is 4. The van der Waals surface area contributed by atoms with E-state index >= 15 is 0 Å². The Labute approximate surface area is 119 Å². The van der Waals surface area contributed by atoms with Gasteiger partial charge in [-0.3, -0.25) is 0 Å². The summed E-state index contributed by atoms with van der Waals surface area (Å²) < 4.78 is 16.9. The van der Waals surface area contributed by atoms with Gasteiger partial charge in [-0.15, -0.1) is 0 Å². The topological polar surface area (TPSA) is 47.9 Å². The van der Waals surface area contributed by atoms with E-state index in [-0.39, 0.29) is 22.4 Å². The van der Waals surface area contributed by atoms with Crippen LogP contribution in [0.5, 0.6) is 0 Å². The Morgan fingerprint density at radius 2 is 2.11 bits per heavy atom. The molecule has 2 bridgehead atoms. The molecule has 0 saturated carbocycles. The van der Waals surface area contributed by atoms with Crippen molar-refractivity contribution in [1.29, 1.82) is 0 Å². The molecule has 0 spiro atoms. The van der Waals surface area contributed by atoms with Crippen LogP contribution in [0.3, 0.4) is 0 Å². The van der Waals surface area contributed by atoms with Gasteiger partial charge in [0.25, 0.3) is 0 Å². The Hall–Kier alpha value is -0.210. The molecule has 2 saturated heterocycles. The smallest absolute Gasteiger partial charge is 0.172 e. The number of ether oxygens (including phenoxy) is 3. The quantitative estimate of drug-likeness (QED) is 0.654. The highest BCUT2D eigenvalue weighted by Gasteiger charge is 2.49. The van der Waals surface area contributed by atoms with Crippen LogP contribution in [0.1, 0.15) is 5.56 Å². The summed E-state index contributed by atoms with van der Waals surface area (Å²) in [5, 5.41) is 10.2. The standard InChI is InChI=1S/C13H15IO4/c14-10-11(15)12(9-7-17-13(10)18-9)16-6-8-4-2-1-3-5-8/h1-5,9-13,15H,6-7H2/t9-,10-,11-,12-,13-/m1/s1. The first-order valence-electron chi connectivity index (χ1n) is 6.00. The third-order valence-electron chi connectivity index (χ3n) is 3.31. The number of hydrogen-bond donors (Lipinski definition) is 1. The lowest BCUT2D eigenvalue weighted by molar-refractivity contribution is -0.177. The normalized spacial score (nSPS) is 38.9. The number of benzene rings is 1. The van der Waals surface area contributed by atoms with Crippen LogP contribution in [0.15, 0.2) is 30.3 Å². The number of rotatable bonds is 3. The van der Waals surface area contributed by atoms with Crippen LogP contribution in [0, 0.1) is 0 Å². The molecule has 98 valence electrons. The van der Waals surface area contributed by atoms with E-state index in [0.717, 1.165) is 5.56 Å². The van der Waals surface area contributed by atoms with Gasteiger partial charge >= 0.3 is 0 Å². The molecule has 3 rings (SSSR count). The molecule has 0 amide bonds. The van der Waals surface area contributed by atoms with Crippen molar-refractivity contribution in [2.75, 3.05) is 6.61 Å². The fourth-order valence-electron chi connectivity index (χ4n) is 2.31. The monoisotopic (exact) mass is 362 g/mol. The second-order valence-corrected chi connectivity index (χ2v) is 6.01. The summed E-state index contributed by atoms with van der Waals surface area (Å²) in [6, 6.07) is 9.93. The summed E-state index contributed by atoms with van der Waals surface area (Å²) in [5.74, 6) is 0. The molecule has 2 aliphatic rings. The summed E-state index contributed by atoms with van der Waals surface area (Å²) in [7, 11) is 0. The minimum absolute atomic E-state index is 0.0814. The SMILES string of the molecule is O[C@@H]1[C@@H](I)[C@@H]2OC[C@@H](O2)[C@H]1OCc1ccccc1. The van der Waals surface area contributed by atoms with Crippen LogP contribution in [-0.2, 0) is 20.8 Å². The van der Waals surface area contributed by atoms with E-state index in [1.807, 2.05) is 30.3 Å². The first-order chi connectivity index (χ1) is 8.75. The largest absolute Gasteiger partial charge is 0.389 e. The number of alkyl halides is 1. The second-order valence-electron chi connectivity index (χ2n) is 4.57. The van der Waals surface area contributed by atoms with Gasteiger partial charge in [-0.1, -0.05) is 52.9 Å². The predicted molar refractivity (Wildman–Crippen MR) is 73.4 cm³/mol. The number of halogens is 1. The third-order valence-corrected chi connectivity index (χ3v) is 4.63. The van der Waals surface area contributed by atoms with E-state index < -0.39 is 6.10 Å². The Morgan fingerprint density at radius 1 is 1.33 bits per heavy atom. The van der Waals surface area contributed by atoms with Crippen molar-refractivity contribution in [2.45, 2.75) is 35.1 Å². The van der Waals surface area contributed by atoms with E-state index in [0.29, 0.717) is 13.2 Å². The maximum atomic E-state index is 10.2. The number of aliphatic hydroxyl groups excluding tert-OH is 1. The summed E-state index contributed by atoms with van der Waals surface area (Å²) in [6.45, 7) is 0.983. The molecule has 1 N–H and O–H groups in total. The Morgan fingerprint density at radius 3 is 2.89 bits per heavy atom. The van der Waals surface area contributed by atoms with E-state index in [1.54, 1.807) is 0 Å². The van der Waals surface area contributed by atoms with Gasteiger partial charge in [0.15, 0.2) is 6.29 Å². The third kappa shape index (κ3) is 2.42. The molecular weight excluding hydrogens is 347 g/mol. The molecule has 1 aromatic carbocycles. The Kier molecular flexibility index (Phi) is 3.86. The zero-order valence-electron chi connectivity index (χ0n) is 9.74. The molecule has 2 aliphatic heterocycles. The van der Waals surface area contributed by atoms with Crippen LogP contribution >= 0.6 is 22.6 Å². The van der Waals surface area contributed by atoms with Crippen molar-refractivity contribution in [3.63, 3.8) is 0 Å². The van der Waals surface area contributed by atoms with E-state index in [4.69, 9.17) is 14.2 Å². The first-order valence-corrected chi connectivity index (χ1v) is 7.25. The van der Waals surface area contributed by atoms with Gasteiger partial charge in [0.1, 0.15) is 12.2 Å². The highest BCUT2D eigenvalue weighted by molar-refractivity contribution is 14.1. The number of aliphatic hydroxyl groups is 1. The maximum absolute atomic E-state index is 10.2. The van der Waals surface area contributed by atoms with Gasteiger partial charge in [-0.2, -0.15) is 0 Å². The predicted octanol–water partition coefficient (Wildman–Crippen LogP) is 1.49. The number of fused-ring (bicyclic) bond motifs is 2. The average Bonchev–Trinajstić information content (AvgIpc) is 2.84. The first kappa shape index (κ1) is 12.8. The minimum atomic E-state index is -0.541. The van der Waals surface area contributed by atoms with Gasteiger partial charge < -0.3 is 19.3 Å². The average molecular weight is 362 g/mol. The van der Waals surface area contributed by atoms with Crippen LogP contribution in [0.25, 0.3) is 0 Å². The molecule has 0 aliphatic carbocycles. The van der Waals surface area contributed by atoms with E-state index in [2.05, 4.69) is 22.6 Å². The van der Waals surface area contributed by atoms with E-state index in [9.17, 15) is 5.11 Å². The Balaban J connectivity index is 1.65. The highest BCUT2D eigenvalue weighted by atomic mass is 127. The molecule has 18 heavy (non-hydrogen) atoms. The van der Waals surface area contributed by atoms with E-state index in [1.165, 1.54) is 0 Å². The van der Waals surface area contributed by atoms with Crippen LogP contribution in [-0.4, -0.2) is 40.2 Å². The Bertz CT molecular complexity index is 399. The molecule has 2 fully saturated rings. The molecule has 5 atom stereocenters. The zero-order chi connectivity index (χ0) is 12.5. The highest BCUT2D eigenvalue weighted by Crippen LogP contribution is 2.34. The summed E-state index contributed by atoms with van der Waals surface area (Å²) >= 11 is 2.16. The van der Waals surface area contributed by atoms with Crippen LogP contribution < -0.4 is 0 Å². The fraction of sp³-hybridized carbons (Fsp3) is 0.538. The lowest BCUT2D eigenvalue weighted by Crippen LogP contribution is -2.52. The van der Waals surface area contributed by atoms with Crippen molar-refractivity contribution < 1.29 is 19.3 Å². The van der Waals surface area contributed by atoms with Gasteiger partial charge in [0.2, 0.25) is 0 Å². The van der Waals surface area contributed by atoms with Crippen molar-refractivity contribution in [3.05, 3.63) is 35.9 Å². The summed E-state index contributed by atoms with van der Waals surface area (Å²) in [5.41, 5.74) is 1.09. The molecule has 0 unspecified atom stereocenters. The summed E-state index contributed by atoms with van der Waals surface area (Å²) in [6.07, 6.45) is -1.30. The fourth-order valence-corrected chi connectivity index (χ4v) is 3.10. The molecule has 0 aromatic heterocycles. The molecule has 4 nitrogen and oxygen atoms in total. The lowest BCUT2D eigenvalue weighted by Gasteiger charge is -2.35. The zero-order valence-corrected chi connectivity index (χ0v) is 11.9. The van der Waals surface area contributed by atoms with Gasteiger partial charge in [-0.05, 0) is 5.56 Å².